The smallest absolute Gasteiger partial charge is 0.203 e. The molecule has 0 aliphatic carbocycles. The number of halogens is 2. The topological polar surface area (TPSA) is 46.5 Å². The number of hydrazone groups is 1. The lowest BCUT2D eigenvalue weighted by molar-refractivity contribution is 0.318. The van der Waals surface area contributed by atoms with E-state index in [2.05, 4.69) is 15.5 Å². The highest BCUT2D eigenvalue weighted by Gasteiger charge is 2.08. The Bertz CT molecular complexity index is 564. The van der Waals surface area contributed by atoms with Crippen molar-refractivity contribution in [3.8, 4) is 5.75 Å². The van der Waals surface area contributed by atoms with Gasteiger partial charge in [0.2, 0.25) is 5.13 Å². The van der Waals surface area contributed by atoms with E-state index in [1.807, 2.05) is 12.3 Å². The summed E-state index contributed by atoms with van der Waals surface area (Å²) in [5.41, 5.74) is 3.61. The van der Waals surface area contributed by atoms with Crippen LogP contribution in [0, 0.1) is 0 Å². The number of nitrogens with one attached hydrogen (secondary N) is 1. The quantitative estimate of drug-likeness (QED) is 0.618. The van der Waals surface area contributed by atoms with Gasteiger partial charge < -0.3 is 4.74 Å². The van der Waals surface area contributed by atoms with Gasteiger partial charge in [-0.15, -0.1) is 11.3 Å². The van der Waals surface area contributed by atoms with Crippen LogP contribution in [0.4, 0.5) is 5.13 Å². The molecule has 0 spiro atoms. The molecule has 1 N–H and O–H groups in total. The second-order valence-electron chi connectivity index (χ2n) is 3.87. The highest BCUT2D eigenvalue weighted by Crippen LogP contribution is 2.33. The number of benzene rings is 1. The van der Waals surface area contributed by atoms with Gasteiger partial charge in [0.05, 0.1) is 22.9 Å². The van der Waals surface area contributed by atoms with Crippen molar-refractivity contribution in [3.63, 3.8) is 0 Å². The summed E-state index contributed by atoms with van der Waals surface area (Å²) in [5.74, 6) is 0.514. The first-order chi connectivity index (χ1) is 9.70. The summed E-state index contributed by atoms with van der Waals surface area (Å²) in [6.07, 6.45) is 4.23. The third-order valence-corrected chi connectivity index (χ3v) is 3.52. The van der Waals surface area contributed by atoms with E-state index in [0.717, 1.165) is 17.1 Å². The molecule has 20 heavy (non-hydrogen) atoms. The molecular weight excluding hydrogens is 317 g/mol. The lowest BCUT2D eigenvalue weighted by Crippen LogP contribution is -1.97. The minimum absolute atomic E-state index is 0.474. The molecule has 1 aromatic carbocycles. The van der Waals surface area contributed by atoms with Gasteiger partial charge in [-0.25, -0.2) is 4.98 Å². The zero-order valence-electron chi connectivity index (χ0n) is 10.8. The number of hydrogen-bond donors (Lipinski definition) is 1. The summed E-state index contributed by atoms with van der Waals surface area (Å²) in [4.78, 5) is 4.05. The van der Waals surface area contributed by atoms with Crippen LogP contribution >= 0.6 is 34.5 Å². The Kier molecular flexibility index (Phi) is 5.64. The Morgan fingerprint density at radius 2 is 2.15 bits per heavy atom. The molecule has 0 fully saturated rings. The average Bonchev–Trinajstić information content (AvgIpc) is 2.91. The fraction of sp³-hybridized carbons (Fsp3) is 0.231. The maximum atomic E-state index is 6.15. The third-order valence-electron chi connectivity index (χ3n) is 2.28. The second-order valence-corrected chi connectivity index (χ2v) is 5.58. The van der Waals surface area contributed by atoms with Gasteiger partial charge in [-0.3, -0.25) is 5.43 Å². The van der Waals surface area contributed by atoms with E-state index in [4.69, 9.17) is 27.9 Å². The molecule has 0 bridgehead atoms. The SMILES string of the molecule is CCCOc1c(Cl)cc(/C=N\Nc2nccs2)cc1Cl. The highest BCUT2D eigenvalue weighted by atomic mass is 35.5. The molecule has 0 unspecified atom stereocenters. The zero-order valence-corrected chi connectivity index (χ0v) is 13.1. The standard InChI is InChI=1S/C13H13Cl2N3OS/c1-2-4-19-12-10(14)6-9(7-11(12)15)8-17-18-13-16-3-5-20-13/h3,5-8H,2,4H2,1H3,(H,16,18)/b17-8-. The van der Waals surface area contributed by atoms with Crippen molar-refractivity contribution in [1.29, 1.82) is 0 Å². The molecule has 0 amide bonds. The molecule has 0 atom stereocenters. The van der Waals surface area contributed by atoms with Crippen LogP contribution in [-0.4, -0.2) is 17.8 Å². The normalized spacial score (nSPS) is 10.9. The Morgan fingerprint density at radius 1 is 1.40 bits per heavy atom. The maximum absolute atomic E-state index is 6.15. The molecule has 0 aliphatic heterocycles. The number of hydrogen-bond acceptors (Lipinski definition) is 5. The molecule has 1 aromatic heterocycles. The summed E-state index contributed by atoms with van der Waals surface area (Å²) >= 11 is 13.8. The van der Waals surface area contributed by atoms with Crippen LogP contribution in [0.1, 0.15) is 18.9 Å². The summed E-state index contributed by atoms with van der Waals surface area (Å²) in [7, 11) is 0. The summed E-state index contributed by atoms with van der Waals surface area (Å²) < 4.78 is 5.50. The predicted molar refractivity (Wildman–Crippen MR) is 85.6 cm³/mol. The third kappa shape index (κ3) is 4.10. The number of nitrogens with zero attached hydrogens (tertiary/aromatic N) is 2. The second kappa shape index (κ2) is 7.47. The van der Waals surface area contributed by atoms with Gasteiger partial charge in [0.15, 0.2) is 5.75 Å². The van der Waals surface area contributed by atoms with Crippen LogP contribution in [0.25, 0.3) is 0 Å². The Morgan fingerprint density at radius 3 is 2.75 bits per heavy atom. The van der Waals surface area contributed by atoms with Crippen molar-refractivity contribution in [2.45, 2.75) is 13.3 Å². The van der Waals surface area contributed by atoms with Gasteiger partial charge in [0.1, 0.15) is 0 Å². The van der Waals surface area contributed by atoms with E-state index in [1.165, 1.54) is 11.3 Å². The molecule has 4 nitrogen and oxygen atoms in total. The van der Waals surface area contributed by atoms with Crippen molar-refractivity contribution in [2.75, 3.05) is 12.0 Å². The van der Waals surface area contributed by atoms with Crippen LogP contribution < -0.4 is 10.2 Å². The van der Waals surface area contributed by atoms with Crippen LogP contribution in [0.3, 0.4) is 0 Å². The van der Waals surface area contributed by atoms with E-state index in [9.17, 15) is 0 Å². The predicted octanol–water partition coefficient (Wildman–Crippen LogP) is 4.68. The molecule has 2 aromatic rings. The molecule has 0 radical (unpaired) electrons. The Labute approximate surface area is 131 Å². The van der Waals surface area contributed by atoms with Crippen LogP contribution in [0.5, 0.6) is 5.75 Å². The molecule has 0 saturated heterocycles. The van der Waals surface area contributed by atoms with Gasteiger partial charge >= 0.3 is 0 Å². The first kappa shape index (κ1) is 15.1. The first-order valence-electron chi connectivity index (χ1n) is 6.01. The fourth-order valence-electron chi connectivity index (χ4n) is 1.44. The summed E-state index contributed by atoms with van der Waals surface area (Å²) in [6.45, 7) is 2.60. The van der Waals surface area contributed by atoms with Crippen LogP contribution in [0.2, 0.25) is 10.0 Å². The zero-order chi connectivity index (χ0) is 14.4. The van der Waals surface area contributed by atoms with Gasteiger partial charge in [0.25, 0.3) is 0 Å². The summed E-state index contributed by atoms with van der Waals surface area (Å²) in [6, 6.07) is 3.51. The molecule has 2 rings (SSSR count). The molecule has 7 heteroatoms. The van der Waals surface area contributed by atoms with E-state index in [0.29, 0.717) is 22.4 Å². The van der Waals surface area contributed by atoms with E-state index < -0.39 is 0 Å². The average molecular weight is 330 g/mol. The van der Waals surface area contributed by atoms with Crippen molar-refractivity contribution in [1.82, 2.24) is 4.98 Å². The largest absolute Gasteiger partial charge is 0.490 e. The van der Waals surface area contributed by atoms with Gasteiger partial charge in [0, 0.05) is 11.6 Å². The van der Waals surface area contributed by atoms with Gasteiger partial charge in [-0.05, 0) is 24.1 Å². The number of rotatable bonds is 6. The Hall–Kier alpha value is -1.30. The van der Waals surface area contributed by atoms with E-state index in [1.54, 1.807) is 24.5 Å². The molecule has 0 aliphatic rings. The number of thiazole rings is 1. The monoisotopic (exact) mass is 329 g/mol. The first-order valence-corrected chi connectivity index (χ1v) is 7.64. The van der Waals surface area contributed by atoms with Crippen molar-refractivity contribution in [3.05, 3.63) is 39.3 Å². The number of anilines is 1. The molecule has 106 valence electrons. The van der Waals surface area contributed by atoms with Crippen molar-refractivity contribution in [2.24, 2.45) is 5.10 Å². The van der Waals surface area contributed by atoms with E-state index in [-0.39, 0.29) is 0 Å². The lowest BCUT2D eigenvalue weighted by atomic mass is 10.2. The van der Waals surface area contributed by atoms with Crippen molar-refractivity contribution >= 4 is 45.9 Å². The summed E-state index contributed by atoms with van der Waals surface area (Å²) in [5, 5.41) is 7.61. The van der Waals surface area contributed by atoms with Crippen LogP contribution in [-0.2, 0) is 0 Å². The highest BCUT2D eigenvalue weighted by molar-refractivity contribution is 7.13. The minimum Gasteiger partial charge on any atom is -0.490 e. The Balaban J connectivity index is 2.07. The minimum atomic E-state index is 0.474. The fourth-order valence-corrected chi connectivity index (χ4v) is 2.53. The van der Waals surface area contributed by atoms with E-state index >= 15 is 0 Å². The van der Waals surface area contributed by atoms with Gasteiger partial charge in [-0.2, -0.15) is 5.10 Å². The van der Waals surface area contributed by atoms with Gasteiger partial charge in [-0.1, -0.05) is 30.1 Å². The molecule has 1 heterocycles. The van der Waals surface area contributed by atoms with Crippen molar-refractivity contribution < 1.29 is 4.74 Å². The molecular formula is C13H13Cl2N3OS. The molecule has 0 saturated carbocycles. The number of ether oxygens (including phenoxy) is 1. The number of aromatic nitrogens is 1. The van der Waals surface area contributed by atoms with Crippen LogP contribution in [0.15, 0.2) is 28.8 Å². The maximum Gasteiger partial charge on any atom is 0.203 e. The lowest BCUT2D eigenvalue weighted by Gasteiger charge is -2.09.